The summed E-state index contributed by atoms with van der Waals surface area (Å²) in [6, 6.07) is 10.1. The summed E-state index contributed by atoms with van der Waals surface area (Å²) in [7, 11) is 0. The zero-order valence-electron chi connectivity index (χ0n) is 17.1. The minimum atomic E-state index is -0.934. The predicted molar refractivity (Wildman–Crippen MR) is 116 cm³/mol. The van der Waals surface area contributed by atoms with E-state index in [4.69, 9.17) is 20.0 Å². The molecule has 10 heteroatoms. The molecule has 0 unspecified atom stereocenters. The Bertz CT molecular complexity index is 1150. The van der Waals surface area contributed by atoms with Crippen LogP contribution in [0.2, 0.25) is 0 Å². The van der Waals surface area contributed by atoms with Gasteiger partial charge in [0.1, 0.15) is 12.1 Å². The molecule has 1 saturated heterocycles. The van der Waals surface area contributed by atoms with E-state index in [1.807, 2.05) is 0 Å². The zero-order valence-corrected chi connectivity index (χ0v) is 17.1. The molecule has 32 heavy (non-hydrogen) atoms. The molecule has 0 radical (unpaired) electrons. The number of carbonyl (C=O) groups is 3. The van der Waals surface area contributed by atoms with Crippen molar-refractivity contribution in [2.45, 2.75) is 18.9 Å². The molecule has 4 N–H and O–H groups in total. The van der Waals surface area contributed by atoms with Gasteiger partial charge in [0.2, 0.25) is 11.8 Å². The molecule has 166 valence electrons. The van der Waals surface area contributed by atoms with Gasteiger partial charge in [-0.05, 0) is 49.2 Å². The molecule has 2 aromatic carbocycles. The number of nitrogens with zero attached hydrogens (tertiary/aromatic N) is 2. The summed E-state index contributed by atoms with van der Waals surface area (Å²) >= 11 is 0. The molecule has 3 aromatic rings. The Labute approximate surface area is 183 Å². The first kappa shape index (κ1) is 21.3. The lowest BCUT2D eigenvalue weighted by Gasteiger charge is -2.29. The second-order valence-corrected chi connectivity index (χ2v) is 7.50. The van der Waals surface area contributed by atoms with Crippen LogP contribution < -0.4 is 11.1 Å². The fourth-order valence-corrected chi connectivity index (χ4v) is 3.59. The first-order chi connectivity index (χ1) is 15.4. The molecule has 0 spiro atoms. The standard InChI is InChI=1S/C22H22N4O6/c23-15-9-14(11-27)20-18(10-15)25-21(32-20)13-1-3-16(4-2-13)24-19(28)12-31-17-5-7-26(8-6-17)22(29)30/h1-4,9-11,17H,5-8,12,23H2,(H,24,28)(H,29,30). The quantitative estimate of drug-likeness (QED) is 0.393. The number of nitrogen functional groups attached to an aromatic ring is 1. The summed E-state index contributed by atoms with van der Waals surface area (Å²) in [5, 5.41) is 11.7. The number of amides is 2. The Balaban J connectivity index is 1.34. The van der Waals surface area contributed by atoms with Gasteiger partial charge >= 0.3 is 6.09 Å². The molecule has 0 saturated carbocycles. The highest BCUT2D eigenvalue weighted by Crippen LogP contribution is 2.28. The molecule has 0 aliphatic carbocycles. The van der Waals surface area contributed by atoms with Crippen LogP contribution in [0.1, 0.15) is 23.2 Å². The van der Waals surface area contributed by atoms with E-state index in [1.54, 1.807) is 30.3 Å². The van der Waals surface area contributed by atoms with Crippen LogP contribution in [-0.4, -0.2) is 59.1 Å². The van der Waals surface area contributed by atoms with E-state index in [2.05, 4.69) is 10.3 Å². The van der Waals surface area contributed by atoms with E-state index >= 15 is 0 Å². The number of hydrogen-bond donors (Lipinski definition) is 3. The smallest absolute Gasteiger partial charge is 0.407 e. The Morgan fingerprint density at radius 2 is 1.97 bits per heavy atom. The number of nitrogens with two attached hydrogens (primary N) is 1. The normalized spacial score (nSPS) is 14.4. The van der Waals surface area contributed by atoms with Crippen LogP contribution in [0.15, 0.2) is 40.8 Å². The molecular formula is C22H22N4O6. The zero-order chi connectivity index (χ0) is 22.7. The molecule has 1 aromatic heterocycles. The number of carbonyl (C=O) groups excluding carboxylic acids is 2. The lowest BCUT2D eigenvalue weighted by atomic mass is 10.1. The number of benzene rings is 2. The summed E-state index contributed by atoms with van der Waals surface area (Å²) in [6.07, 6.45) is 0.732. The first-order valence-electron chi connectivity index (χ1n) is 10.1. The maximum absolute atomic E-state index is 12.2. The molecule has 2 heterocycles. The van der Waals surface area contributed by atoms with Crippen molar-refractivity contribution in [3.05, 3.63) is 42.0 Å². The van der Waals surface area contributed by atoms with Crippen molar-refractivity contribution in [1.29, 1.82) is 0 Å². The van der Waals surface area contributed by atoms with E-state index in [0.717, 1.165) is 0 Å². The van der Waals surface area contributed by atoms with E-state index in [-0.39, 0.29) is 18.6 Å². The summed E-state index contributed by atoms with van der Waals surface area (Å²) in [5.74, 6) is 0.0361. The Morgan fingerprint density at radius 3 is 2.62 bits per heavy atom. The van der Waals surface area contributed by atoms with Crippen LogP contribution in [0.3, 0.4) is 0 Å². The van der Waals surface area contributed by atoms with Crippen molar-refractivity contribution in [2.24, 2.45) is 0 Å². The maximum atomic E-state index is 12.2. The van der Waals surface area contributed by atoms with Crippen LogP contribution >= 0.6 is 0 Å². The van der Waals surface area contributed by atoms with Gasteiger partial charge in [-0.25, -0.2) is 9.78 Å². The van der Waals surface area contributed by atoms with E-state index in [9.17, 15) is 14.4 Å². The molecule has 1 aliphatic rings. The Morgan fingerprint density at radius 1 is 1.25 bits per heavy atom. The minimum Gasteiger partial charge on any atom is -0.465 e. The second kappa shape index (κ2) is 9.06. The van der Waals surface area contributed by atoms with Crippen molar-refractivity contribution < 1.29 is 28.6 Å². The average molecular weight is 438 g/mol. The number of carboxylic acid groups (broad SMARTS) is 1. The van der Waals surface area contributed by atoms with E-state index in [0.29, 0.717) is 71.7 Å². The number of anilines is 2. The van der Waals surface area contributed by atoms with Gasteiger partial charge in [-0.3, -0.25) is 9.59 Å². The third-order valence-corrected chi connectivity index (χ3v) is 5.25. The molecule has 2 amide bonds. The van der Waals surface area contributed by atoms with Crippen molar-refractivity contribution in [1.82, 2.24) is 9.88 Å². The highest BCUT2D eigenvalue weighted by Gasteiger charge is 2.23. The number of nitrogens with one attached hydrogen (secondary N) is 1. The predicted octanol–water partition coefficient (Wildman–Crippen LogP) is 2.99. The molecule has 0 bridgehead atoms. The van der Waals surface area contributed by atoms with Crippen molar-refractivity contribution >= 4 is 40.8 Å². The molecule has 1 fully saturated rings. The molecule has 4 rings (SSSR count). The maximum Gasteiger partial charge on any atom is 0.407 e. The number of fused-ring (bicyclic) bond motifs is 1. The number of aldehydes is 1. The highest BCUT2D eigenvalue weighted by molar-refractivity contribution is 5.96. The number of hydrogen-bond acceptors (Lipinski definition) is 7. The highest BCUT2D eigenvalue weighted by atomic mass is 16.5. The topological polar surface area (TPSA) is 148 Å². The average Bonchev–Trinajstić information content (AvgIpc) is 3.22. The van der Waals surface area contributed by atoms with Crippen molar-refractivity contribution in [3.8, 4) is 11.5 Å². The van der Waals surface area contributed by atoms with Gasteiger partial charge in [0.25, 0.3) is 0 Å². The fourth-order valence-electron chi connectivity index (χ4n) is 3.59. The largest absolute Gasteiger partial charge is 0.465 e. The number of ether oxygens (including phenoxy) is 1. The molecule has 10 nitrogen and oxygen atoms in total. The van der Waals surface area contributed by atoms with E-state index in [1.165, 1.54) is 11.0 Å². The van der Waals surface area contributed by atoms with Gasteiger partial charge in [-0.1, -0.05) is 0 Å². The number of oxazole rings is 1. The summed E-state index contributed by atoms with van der Waals surface area (Å²) in [6.45, 7) is 0.695. The Kier molecular flexibility index (Phi) is 6.04. The van der Waals surface area contributed by atoms with Crippen LogP contribution in [0.25, 0.3) is 22.6 Å². The molecule has 1 aliphatic heterocycles. The van der Waals surface area contributed by atoms with E-state index < -0.39 is 6.09 Å². The molecular weight excluding hydrogens is 416 g/mol. The Hall–Kier alpha value is -3.92. The number of likely N-dealkylation sites (tertiary alicyclic amines) is 1. The van der Waals surface area contributed by atoms with Crippen LogP contribution in [-0.2, 0) is 9.53 Å². The summed E-state index contributed by atoms with van der Waals surface area (Å²) < 4.78 is 11.3. The summed E-state index contributed by atoms with van der Waals surface area (Å²) in [4.78, 5) is 40.1. The first-order valence-corrected chi connectivity index (χ1v) is 10.1. The van der Waals surface area contributed by atoms with Crippen LogP contribution in [0.4, 0.5) is 16.2 Å². The minimum absolute atomic E-state index is 0.111. The van der Waals surface area contributed by atoms with Crippen molar-refractivity contribution in [3.63, 3.8) is 0 Å². The SMILES string of the molecule is Nc1cc(C=O)c2oc(-c3ccc(NC(=O)COC4CCN(C(=O)O)CC4)cc3)nc2c1. The summed E-state index contributed by atoms with van der Waals surface area (Å²) in [5.41, 5.74) is 8.66. The van der Waals surface area contributed by atoms with Gasteiger partial charge in [-0.2, -0.15) is 0 Å². The lowest BCUT2D eigenvalue weighted by molar-refractivity contribution is -0.123. The number of piperidine rings is 1. The van der Waals surface area contributed by atoms with Crippen molar-refractivity contribution in [2.75, 3.05) is 30.7 Å². The van der Waals surface area contributed by atoms with Crippen LogP contribution in [0.5, 0.6) is 0 Å². The second-order valence-electron chi connectivity index (χ2n) is 7.50. The monoisotopic (exact) mass is 438 g/mol. The van der Waals surface area contributed by atoms with Gasteiger partial charge in [0.15, 0.2) is 11.9 Å². The van der Waals surface area contributed by atoms with Gasteiger partial charge in [-0.15, -0.1) is 0 Å². The third-order valence-electron chi connectivity index (χ3n) is 5.25. The lowest BCUT2D eigenvalue weighted by Crippen LogP contribution is -2.40. The molecule has 0 atom stereocenters. The fraction of sp³-hybridized carbons (Fsp3) is 0.273. The van der Waals surface area contributed by atoms with Gasteiger partial charge in [0.05, 0.1) is 11.7 Å². The number of aromatic nitrogens is 1. The third kappa shape index (κ3) is 4.70. The van der Waals surface area contributed by atoms with Crippen LogP contribution in [0, 0.1) is 0 Å². The number of rotatable bonds is 6. The van der Waals surface area contributed by atoms with Gasteiger partial charge < -0.3 is 30.2 Å². The van der Waals surface area contributed by atoms with Gasteiger partial charge in [0, 0.05) is 30.0 Å².